The summed E-state index contributed by atoms with van der Waals surface area (Å²) in [5.74, 6) is -0.977. The van der Waals surface area contributed by atoms with Crippen molar-refractivity contribution in [1.82, 2.24) is 9.80 Å². The Labute approximate surface area is 172 Å². The van der Waals surface area contributed by atoms with E-state index in [0.717, 1.165) is 11.8 Å². The van der Waals surface area contributed by atoms with E-state index in [1.807, 2.05) is 0 Å². The molecule has 1 unspecified atom stereocenters. The predicted octanol–water partition coefficient (Wildman–Crippen LogP) is 2.06. The van der Waals surface area contributed by atoms with Crippen molar-refractivity contribution < 1.29 is 22.4 Å². The molecule has 28 heavy (non-hydrogen) atoms. The third-order valence-corrected chi connectivity index (χ3v) is 7.89. The smallest absolute Gasteiger partial charge is 0.266 e. The van der Waals surface area contributed by atoms with Gasteiger partial charge in [0.2, 0.25) is 5.91 Å². The van der Waals surface area contributed by atoms with Gasteiger partial charge in [0.05, 0.1) is 16.4 Å². The summed E-state index contributed by atoms with van der Waals surface area (Å²) >= 11 is 6.30. The molecular weight excluding hydrogens is 423 g/mol. The molecule has 2 aliphatic rings. The van der Waals surface area contributed by atoms with Crippen molar-refractivity contribution in [3.63, 3.8) is 0 Å². The first-order valence-electron chi connectivity index (χ1n) is 8.64. The standard InChI is InChI=1S/C18H19FN2O4S3/c1-20(13-7-9-28(24,25)11-13)16(22)6-8-21-17(23)15(27-18(21)26)10-12-4-2-3-5-14(12)19/h2-5,10,13H,6-9,11H2,1H3. The lowest BCUT2D eigenvalue weighted by molar-refractivity contribution is -0.132. The van der Waals surface area contributed by atoms with Crippen molar-refractivity contribution >= 4 is 56.0 Å². The van der Waals surface area contributed by atoms with E-state index in [1.54, 1.807) is 25.2 Å². The molecule has 2 amide bonds. The first-order chi connectivity index (χ1) is 13.2. The summed E-state index contributed by atoms with van der Waals surface area (Å²) in [7, 11) is -1.50. The Morgan fingerprint density at radius 3 is 2.79 bits per heavy atom. The lowest BCUT2D eigenvalue weighted by Gasteiger charge is -2.24. The average Bonchev–Trinajstić information content (AvgIpc) is 3.13. The number of hydrogen-bond donors (Lipinski definition) is 0. The highest BCUT2D eigenvalue weighted by Gasteiger charge is 2.35. The largest absolute Gasteiger partial charge is 0.342 e. The zero-order chi connectivity index (χ0) is 20.5. The number of thioether (sulfide) groups is 1. The third-order valence-electron chi connectivity index (χ3n) is 4.76. The van der Waals surface area contributed by atoms with Gasteiger partial charge in [0.15, 0.2) is 9.84 Å². The van der Waals surface area contributed by atoms with Crippen LogP contribution in [0.2, 0.25) is 0 Å². The van der Waals surface area contributed by atoms with Crippen molar-refractivity contribution in [3.05, 3.63) is 40.6 Å². The molecule has 6 nitrogen and oxygen atoms in total. The summed E-state index contributed by atoms with van der Waals surface area (Å²) in [5, 5.41) is 0. The molecule has 2 fully saturated rings. The third kappa shape index (κ3) is 4.61. The fourth-order valence-corrected chi connectivity index (χ4v) is 6.17. The first kappa shape index (κ1) is 20.9. The second-order valence-electron chi connectivity index (χ2n) is 6.67. The van der Waals surface area contributed by atoms with Crippen molar-refractivity contribution in [2.24, 2.45) is 0 Å². The quantitative estimate of drug-likeness (QED) is 0.513. The molecule has 10 heteroatoms. The number of rotatable bonds is 5. The molecule has 2 saturated heterocycles. The van der Waals surface area contributed by atoms with Crippen LogP contribution >= 0.6 is 24.0 Å². The van der Waals surface area contributed by atoms with Crippen molar-refractivity contribution in [2.75, 3.05) is 25.1 Å². The molecule has 3 rings (SSSR count). The number of sulfone groups is 1. The van der Waals surface area contributed by atoms with Gasteiger partial charge in [-0.2, -0.15) is 0 Å². The molecule has 1 aromatic carbocycles. The van der Waals surface area contributed by atoms with Crippen LogP contribution in [0.15, 0.2) is 29.2 Å². The maximum absolute atomic E-state index is 13.8. The van der Waals surface area contributed by atoms with E-state index in [9.17, 15) is 22.4 Å². The van der Waals surface area contributed by atoms with Crippen LogP contribution in [0.25, 0.3) is 6.08 Å². The molecule has 0 spiro atoms. The Hall–Kier alpha value is -1.78. The Kier molecular flexibility index (Phi) is 6.21. The molecule has 1 atom stereocenters. The van der Waals surface area contributed by atoms with Gasteiger partial charge in [-0.3, -0.25) is 14.5 Å². The van der Waals surface area contributed by atoms with E-state index >= 15 is 0 Å². The van der Waals surface area contributed by atoms with Crippen molar-refractivity contribution in [1.29, 1.82) is 0 Å². The molecule has 1 aromatic rings. The van der Waals surface area contributed by atoms with Gasteiger partial charge in [0.1, 0.15) is 10.1 Å². The lowest BCUT2D eigenvalue weighted by Crippen LogP contribution is -2.40. The highest BCUT2D eigenvalue weighted by Crippen LogP contribution is 2.33. The maximum Gasteiger partial charge on any atom is 0.266 e. The van der Waals surface area contributed by atoms with Gasteiger partial charge in [-0.15, -0.1) is 0 Å². The Balaban J connectivity index is 1.62. The predicted molar refractivity (Wildman–Crippen MR) is 111 cm³/mol. The van der Waals surface area contributed by atoms with E-state index in [0.29, 0.717) is 21.2 Å². The molecule has 2 aliphatic heterocycles. The van der Waals surface area contributed by atoms with Gasteiger partial charge in [0, 0.05) is 31.6 Å². The van der Waals surface area contributed by atoms with E-state index in [-0.39, 0.29) is 42.3 Å². The Morgan fingerprint density at radius 2 is 2.14 bits per heavy atom. The van der Waals surface area contributed by atoms with Gasteiger partial charge >= 0.3 is 0 Å². The fourth-order valence-electron chi connectivity index (χ4n) is 3.09. The number of hydrogen-bond acceptors (Lipinski definition) is 6. The molecule has 0 saturated carbocycles. The first-order valence-corrected chi connectivity index (χ1v) is 11.7. The molecule has 0 bridgehead atoms. The van der Waals surface area contributed by atoms with Crippen molar-refractivity contribution in [2.45, 2.75) is 18.9 Å². The van der Waals surface area contributed by atoms with Crippen LogP contribution in [0.1, 0.15) is 18.4 Å². The van der Waals surface area contributed by atoms with Crippen LogP contribution in [-0.4, -0.2) is 65.5 Å². The van der Waals surface area contributed by atoms with Gasteiger partial charge in [0.25, 0.3) is 5.91 Å². The topological polar surface area (TPSA) is 74.8 Å². The normalized spacial score (nSPS) is 22.9. The minimum Gasteiger partial charge on any atom is -0.342 e. The molecule has 2 heterocycles. The summed E-state index contributed by atoms with van der Waals surface area (Å²) in [5.41, 5.74) is 0.293. The van der Waals surface area contributed by atoms with Crippen LogP contribution in [0.5, 0.6) is 0 Å². The van der Waals surface area contributed by atoms with Crippen LogP contribution in [-0.2, 0) is 19.4 Å². The molecule has 150 valence electrons. The van der Waals surface area contributed by atoms with E-state index < -0.39 is 15.7 Å². The SMILES string of the molecule is CN(C(=O)CCN1C(=O)C(=Cc2ccccc2F)SC1=S)C1CCS(=O)(=O)C1. The van der Waals surface area contributed by atoms with E-state index in [4.69, 9.17) is 12.2 Å². The Morgan fingerprint density at radius 1 is 1.43 bits per heavy atom. The number of carbonyl (C=O) groups excluding carboxylic acids is 2. The number of halogens is 1. The van der Waals surface area contributed by atoms with Gasteiger partial charge < -0.3 is 4.90 Å². The number of carbonyl (C=O) groups is 2. The summed E-state index contributed by atoms with van der Waals surface area (Å²) in [6.07, 6.45) is 1.91. The number of nitrogens with zero attached hydrogens (tertiary/aromatic N) is 2. The van der Waals surface area contributed by atoms with Gasteiger partial charge in [-0.25, -0.2) is 12.8 Å². The van der Waals surface area contributed by atoms with Crippen LogP contribution in [0.3, 0.4) is 0 Å². The molecular formula is C18H19FN2O4S3. The minimum atomic E-state index is -3.08. The van der Waals surface area contributed by atoms with Gasteiger partial charge in [-0.1, -0.05) is 42.2 Å². The summed E-state index contributed by atoms with van der Waals surface area (Å²) in [4.78, 5) is 28.1. The van der Waals surface area contributed by atoms with Crippen LogP contribution < -0.4 is 0 Å². The molecule has 0 N–H and O–H groups in total. The molecule has 0 aliphatic carbocycles. The monoisotopic (exact) mass is 442 g/mol. The maximum atomic E-state index is 13.8. The summed E-state index contributed by atoms with van der Waals surface area (Å²) < 4.78 is 37.3. The summed E-state index contributed by atoms with van der Waals surface area (Å²) in [6, 6.07) is 5.79. The van der Waals surface area contributed by atoms with Gasteiger partial charge in [-0.05, 0) is 18.6 Å². The van der Waals surface area contributed by atoms with E-state index in [2.05, 4.69) is 0 Å². The second-order valence-corrected chi connectivity index (χ2v) is 10.6. The van der Waals surface area contributed by atoms with E-state index in [1.165, 1.54) is 21.9 Å². The zero-order valence-electron chi connectivity index (χ0n) is 15.1. The zero-order valence-corrected chi connectivity index (χ0v) is 17.6. The minimum absolute atomic E-state index is 0.0261. The second kappa shape index (κ2) is 8.30. The molecule has 0 aromatic heterocycles. The number of amides is 2. The molecule has 0 radical (unpaired) electrons. The number of thiocarbonyl (C=S) groups is 1. The summed E-state index contributed by atoms with van der Waals surface area (Å²) in [6.45, 7) is 0.0991. The highest BCUT2D eigenvalue weighted by atomic mass is 32.2. The van der Waals surface area contributed by atoms with Crippen LogP contribution in [0.4, 0.5) is 4.39 Å². The fraction of sp³-hybridized carbons (Fsp3) is 0.389. The lowest BCUT2D eigenvalue weighted by atomic mass is 10.2. The average molecular weight is 443 g/mol. The van der Waals surface area contributed by atoms with Crippen molar-refractivity contribution in [3.8, 4) is 0 Å². The Bertz CT molecular complexity index is 961. The van der Waals surface area contributed by atoms with Crippen LogP contribution in [0, 0.1) is 5.82 Å². The highest BCUT2D eigenvalue weighted by molar-refractivity contribution is 8.26. The number of benzene rings is 1.